The van der Waals surface area contributed by atoms with Gasteiger partial charge in [0, 0.05) is 44.8 Å². The smallest absolute Gasteiger partial charge is 0.261 e. The Morgan fingerprint density at radius 3 is 2.20 bits per heavy atom. The van der Waals surface area contributed by atoms with Crippen LogP contribution in [-0.4, -0.2) is 59.0 Å². The van der Waals surface area contributed by atoms with Crippen molar-refractivity contribution in [2.75, 3.05) is 54.3 Å². The van der Waals surface area contributed by atoms with Gasteiger partial charge in [0.05, 0.1) is 16.3 Å². The maximum absolute atomic E-state index is 13.0. The fraction of sp³-hybridized carbons (Fsp3) is 0.381. The van der Waals surface area contributed by atoms with Crippen LogP contribution in [0.2, 0.25) is 0 Å². The van der Waals surface area contributed by atoms with E-state index in [2.05, 4.69) is 21.6 Å². The average molecular weight is 451 g/mol. The molecule has 0 bridgehead atoms. The van der Waals surface area contributed by atoms with Crippen molar-refractivity contribution in [3.05, 3.63) is 48.5 Å². The third-order valence-corrected chi connectivity index (χ3v) is 6.91. The standard InChI is InChI=1S/C21H26N4O3S.ClH/c1-23-13-15-24(16-14-23)20-6-3-2-5-19(20)22-29(27,28)18-10-8-17(9-11-18)25-12-4-7-21(25)26;/h2-3,5-6,8-11,22H,4,7,12-16H2,1H3;1H. The Balaban J connectivity index is 0.00000256. The average Bonchev–Trinajstić information content (AvgIpc) is 3.15. The van der Waals surface area contributed by atoms with Gasteiger partial charge in [0.1, 0.15) is 0 Å². The minimum atomic E-state index is -3.73. The summed E-state index contributed by atoms with van der Waals surface area (Å²) in [5.74, 6) is 0.0832. The molecule has 2 heterocycles. The van der Waals surface area contributed by atoms with Crippen LogP contribution in [0.5, 0.6) is 0 Å². The lowest BCUT2D eigenvalue weighted by molar-refractivity contribution is -0.117. The lowest BCUT2D eigenvalue weighted by Crippen LogP contribution is -2.44. The molecule has 9 heteroatoms. The number of sulfonamides is 1. The zero-order chi connectivity index (χ0) is 20.4. The molecule has 0 aliphatic carbocycles. The highest BCUT2D eigenvalue weighted by Crippen LogP contribution is 2.29. The van der Waals surface area contributed by atoms with Crippen LogP contribution in [-0.2, 0) is 14.8 Å². The van der Waals surface area contributed by atoms with Crippen LogP contribution < -0.4 is 14.5 Å². The van der Waals surface area contributed by atoms with Gasteiger partial charge in [-0.2, -0.15) is 0 Å². The maximum atomic E-state index is 13.0. The molecule has 0 spiro atoms. The molecule has 2 fully saturated rings. The van der Waals surface area contributed by atoms with Gasteiger partial charge >= 0.3 is 0 Å². The number of piperazine rings is 1. The molecular formula is C21H27ClN4O3S. The van der Waals surface area contributed by atoms with Gasteiger partial charge in [-0.1, -0.05) is 12.1 Å². The summed E-state index contributed by atoms with van der Waals surface area (Å²) < 4.78 is 28.7. The Hall–Kier alpha value is -2.29. The zero-order valence-electron chi connectivity index (χ0n) is 17.0. The Labute approximate surface area is 184 Å². The van der Waals surface area contributed by atoms with Crippen molar-refractivity contribution in [3.63, 3.8) is 0 Å². The van der Waals surface area contributed by atoms with E-state index in [0.717, 1.165) is 44.0 Å². The van der Waals surface area contributed by atoms with Crippen LogP contribution in [0.4, 0.5) is 17.1 Å². The van der Waals surface area contributed by atoms with Gasteiger partial charge < -0.3 is 14.7 Å². The topological polar surface area (TPSA) is 73.0 Å². The largest absolute Gasteiger partial charge is 0.367 e. The number of benzene rings is 2. The Bertz CT molecular complexity index is 990. The first-order chi connectivity index (χ1) is 13.9. The van der Waals surface area contributed by atoms with Crippen molar-refractivity contribution in [3.8, 4) is 0 Å². The van der Waals surface area contributed by atoms with E-state index in [1.807, 2.05) is 18.2 Å². The summed E-state index contributed by atoms with van der Waals surface area (Å²) in [6, 6.07) is 14.0. The van der Waals surface area contributed by atoms with E-state index in [-0.39, 0.29) is 23.2 Å². The highest BCUT2D eigenvalue weighted by Gasteiger charge is 2.23. The van der Waals surface area contributed by atoms with Crippen LogP contribution in [0.3, 0.4) is 0 Å². The minimum absolute atomic E-state index is 0. The highest BCUT2D eigenvalue weighted by atomic mass is 35.5. The number of carbonyl (C=O) groups excluding carboxylic acids is 1. The van der Waals surface area contributed by atoms with E-state index in [1.54, 1.807) is 35.2 Å². The number of anilines is 3. The summed E-state index contributed by atoms with van der Waals surface area (Å²) in [4.78, 5) is 18.2. The molecule has 162 valence electrons. The lowest BCUT2D eigenvalue weighted by atomic mass is 10.2. The third-order valence-electron chi connectivity index (χ3n) is 5.52. The SMILES string of the molecule is CN1CCN(c2ccccc2NS(=O)(=O)c2ccc(N3CCCC3=O)cc2)CC1.Cl. The van der Waals surface area contributed by atoms with Crippen LogP contribution in [0, 0.1) is 0 Å². The number of carbonyl (C=O) groups is 1. The molecule has 2 aromatic rings. The van der Waals surface area contributed by atoms with Crippen molar-refractivity contribution in [1.82, 2.24) is 4.90 Å². The summed E-state index contributed by atoms with van der Waals surface area (Å²) in [5.41, 5.74) is 2.21. The van der Waals surface area contributed by atoms with Gasteiger partial charge in [-0.05, 0) is 49.9 Å². The second-order valence-electron chi connectivity index (χ2n) is 7.56. The van der Waals surface area contributed by atoms with Gasteiger partial charge in [-0.15, -0.1) is 12.4 Å². The van der Waals surface area contributed by atoms with Crippen LogP contribution in [0.1, 0.15) is 12.8 Å². The van der Waals surface area contributed by atoms with Gasteiger partial charge in [0.2, 0.25) is 5.91 Å². The van der Waals surface area contributed by atoms with Gasteiger partial charge in [0.15, 0.2) is 0 Å². The van der Waals surface area contributed by atoms with E-state index >= 15 is 0 Å². The van der Waals surface area contributed by atoms with Crippen molar-refractivity contribution < 1.29 is 13.2 Å². The van der Waals surface area contributed by atoms with E-state index in [9.17, 15) is 13.2 Å². The minimum Gasteiger partial charge on any atom is -0.367 e. The fourth-order valence-electron chi connectivity index (χ4n) is 3.81. The molecule has 0 radical (unpaired) electrons. The number of hydrogen-bond acceptors (Lipinski definition) is 5. The molecule has 0 unspecified atom stereocenters. The molecule has 2 saturated heterocycles. The first-order valence-corrected chi connectivity index (χ1v) is 11.4. The summed E-state index contributed by atoms with van der Waals surface area (Å²) in [5, 5.41) is 0. The van der Waals surface area contributed by atoms with Gasteiger partial charge in [-0.3, -0.25) is 9.52 Å². The fourth-order valence-corrected chi connectivity index (χ4v) is 4.89. The summed E-state index contributed by atoms with van der Waals surface area (Å²) >= 11 is 0. The van der Waals surface area contributed by atoms with Crippen molar-refractivity contribution in [2.45, 2.75) is 17.7 Å². The van der Waals surface area contributed by atoms with Crippen LogP contribution >= 0.6 is 12.4 Å². The van der Waals surface area contributed by atoms with E-state index < -0.39 is 10.0 Å². The van der Waals surface area contributed by atoms with Crippen LogP contribution in [0.15, 0.2) is 53.4 Å². The molecule has 2 aliphatic rings. The summed E-state index contributed by atoms with van der Waals surface area (Å²) in [6.45, 7) is 4.28. The van der Waals surface area contributed by atoms with E-state index in [1.165, 1.54) is 0 Å². The van der Waals surface area contributed by atoms with E-state index in [0.29, 0.717) is 18.7 Å². The number of nitrogens with one attached hydrogen (secondary N) is 1. The monoisotopic (exact) mass is 450 g/mol. The molecule has 7 nitrogen and oxygen atoms in total. The number of likely N-dealkylation sites (N-methyl/N-ethyl adjacent to an activating group) is 1. The quantitative estimate of drug-likeness (QED) is 0.758. The second kappa shape index (κ2) is 9.24. The zero-order valence-corrected chi connectivity index (χ0v) is 18.6. The molecule has 1 N–H and O–H groups in total. The highest BCUT2D eigenvalue weighted by molar-refractivity contribution is 7.92. The molecule has 2 aromatic carbocycles. The Kier molecular flexibility index (Phi) is 6.90. The Morgan fingerprint density at radius 2 is 1.57 bits per heavy atom. The maximum Gasteiger partial charge on any atom is 0.261 e. The molecular weight excluding hydrogens is 424 g/mol. The molecule has 30 heavy (non-hydrogen) atoms. The Morgan fingerprint density at radius 1 is 0.900 bits per heavy atom. The normalized spacial score (nSPS) is 17.7. The molecule has 1 amide bonds. The lowest BCUT2D eigenvalue weighted by Gasteiger charge is -2.35. The first kappa shape index (κ1) is 22.4. The number of nitrogens with zero attached hydrogens (tertiary/aromatic N) is 3. The molecule has 0 aromatic heterocycles. The predicted molar refractivity (Wildman–Crippen MR) is 122 cm³/mol. The van der Waals surface area contributed by atoms with Crippen LogP contribution in [0.25, 0.3) is 0 Å². The van der Waals surface area contributed by atoms with Gasteiger partial charge in [0.25, 0.3) is 10.0 Å². The predicted octanol–water partition coefficient (Wildman–Crippen LogP) is 2.79. The molecule has 0 atom stereocenters. The number of halogens is 1. The van der Waals surface area contributed by atoms with E-state index in [4.69, 9.17) is 0 Å². The van der Waals surface area contributed by atoms with Crippen molar-refractivity contribution in [1.29, 1.82) is 0 Å². The van der Waals surface area contributed by atoms with Gasteiger partial charge in [-0.25, -0.2) is 8.42 Å². The number of amides is 1. The molecule has 0 saturated carbocycles. The van der Waals surface area contributed by atoms with Crippen molar-refractivity contribution >= 4 is 45.4 Å². The first-order valence-electron chi connectivity index (χ1n) is 9.90. The number of hydrogen-bond donors (Lipinski definition) is 1. The summed E-state index contributed by atoms with van der Waals surface area (Å²) in [7, 11) is -1.64. The number of rotatable bonds is 5. The van der Waals surface area contributed by atoms with Crippen molar-refractivity contribution in [2.24, 2.45) is 0 Å². The molecule has 4 rings (SSSR count). The summed E-state index contributed by atoms with van der Waals surface area (Å²) in [6.07, 6.45) is 1.38. The second-order valence-corrected chi connectivity index (χ2v) is 9.24. The third kappa shape index (κ3) is 4.71. The number of para-hydroxylation sites is 2. The molecule has 2 aliphatic heterocycles.